The molecule has 124 valence electrons. The zero-order valence-electron chi connectivity index (χ0n) is 13.6. The van der Waals surface area contributed by atoms with Crippen LogP contribution in [0.5, 0.6) is 11.5 Å². The molecular formula is C18H24N2O3. The summed E-state index contributed by atoms with van der Waals surface area (Å²) in [5.41, 5.74) is 6.34. The van der Waals surface area contributed by atoms with E-state index >= 15 is 0 Å². The fourth-order valence-electron chi connectivity index (χ4n) is 3.47. The first-order valence-corrected chi connectivity index (χ1v) is 8.17. The summed E-state index contributed by atoms with van der Waals surface area (Å²) in [5, 5.41) is 0. The Morgan fingerprint density at radius 3 is 2.78 bits per heavy atom. The van der Waals surface area contributed by atoms with E-state index in [-0.39, 0.29) is 11.8 Å². The highest BCUT2D eigenvalue weighted by Crippen LogP contribution is 2.56. The number of hydrogen-bond acceptors (Lipinski definition) is 4. The van der Waals surface area contributed by atoms with Crippen LogP contribution in [0.4, 0.5) is 0 Å². The third-order valence-corrected chi connectivity index (χ3v) is 4.85. The van der Waals surface area contributed by atoms with E-state index in [1.54, 1.807) is 6.08 Å². The summed E-state index contributed by atoms with van der Waals surface area (Å²) in [4.78, 5) is 15.0. The van der Waals surface area contributed by atoms with Gasteiger partial charge < -0.3 is 20.1 Å². The lowest BCUT2D eigenvalue weighted by molar-refractivity contribution is -0.133. The average Bonchev–Trinajstić information content (AvgIpc) is 3.34. The number of hydrogen-bond donors (Lipinski definition) is 1. The molecule has 0 saturated heterocycles. The summed E-state index contributed by atoms with van der Waals surface area (Å²) in [6.07, 6.45) is 2.55. The number of nitrogens with two attached hydrogens (primary N) is 1. The largest absolute Gasteiger partial charge is 0.486 e. The number of rotatable bonds is 6. The van der Waals surface area contributed by atoms with Crippen molar-refractivity contribution in [3.05, 3.63) is 36.4 Å². The van der Waals surface area contributed by atoms with Crippen LogP contribution in [-0.2, 0) is 10.2 Å². The molecule has 0 unspecified atom stereocenters. The summed E-state index contributed by atoms with van der Waals surface area (Å²) in [7, 11) is 0. The Morgan fingerprint density at radius 2 is 2.17 bits per heavy atom. The lowest BCUT2D eigenvalue weighted by Crippen LogP contribution is -2.41. The van der Waals surface area contributed by atoms with Crippen molar-refractivity contribution in [2.24, 2.45) is 11.7 Å². The second-order valence-corrected chi connectivity index (χ2v) is 6.10. The van der Waals surface area contributed by atoms with E-state index in [4.69, 9.17) is 15.2 Å². The number of amides is 1. The number of carbonyl (C=O) groups is 1. The predicted molar refractivity (Wildman–Crippen MR) is 88.7 cm³/mol. The highest BCUT2D eigenvalue weighted by atomic mass is 16.6. The molecule has 23 heavy (non-hydrogen) atoms. The Bertz CT molecular complexity index is 616. The van der Waals surface area contributed by atoms with E-state index in [1.165, 1.54) is 0 Å². The van der Waals surface area contributed by atoms with Crippen LogP contribution < -0.4 is 15.2 Å². The van der Waals surface area contributed by atoms with Gasteiger partial charge in [-0.05, 0) is 43.5 Å². The third kappa shape index (κ3) is 2.59. The van der Waals surface area contributed by atoms with Crippen LogP contribution in [-0.4, -0.2) is 43.7 Å². The zero-order valence-corrected chi connectivity index (χ0v) is 13.6. The van der Waals surface area contributed by atoms with Crippen LogP contribution in [0.3, 0.4) is 0 Å². The van der Waals surface area contributed by atoms with Gasteiger partial charge in [-0.1, -0.05) is 12.1 Å². The number of carbonyl (C=O) groups excluding carboxylic acids is 1. The Morgan fingerprint density at radius 1 is 1.43 bits per heavy atom. The van der Waals surface area contributed by atoms with Gasteiger partial charge in [-0.15, -0.1) is 6.58 Å². The Hall–Kier alpha value is -2.01. The first kappa shape index (κ1) is 15.9. The topological polar surface area (TPSA) is 64.8 Å². The summed E-state index contributed by atoms with van der Waals surface area (Å²) in [5.74, 6) is 1.77. The number of likely N-dealkylation sites (N-methyl/N-ethyl adjacent to an activating group) is 1. The SMILES string of the molecule is C=CCN(CC)C(=O)[C@@]1(c2ccc3c(c2)OCCO3)C[C@H]1CN. The van der Waals surface area contributed by atoms with Crippen molar-refractivity contribution in [2.75, 3.05) is 32.8 Å². The van der Waals surface area contributed by atoms with Crippen LogP contribution >= 0.6 is 0 Å². The fourth-order valence-corrected chi connectivity index (χ4v) is 3.47. The molecule has 2 atom stereocenters. The fraction of sp³-hybridized carbons (Fsp3) is 0.500. The van der Waals surface area contributed by atoms with E-state index < -0.39 is 5.41 Å². The van der Waals surface area contributed by atoms with Gasteiger partial charge in [0.25, 0.3) is 0 Å². The molecule has 1 aromatic rings. The van der Waals surface area contributed by atoms with Gasteiger partial charge in [0.05, 0.1) is 5.41 Å². The van der Waals surface area contributed by atoms with Gasteiger partial charge in [0.2, 0.25) is 5.91 Å². The van der Waals surface area contributed by atoms with Crippen molar-refractivity contribution in [1.29, 1.82) is 0 Å². The Kier molecular flexibility index (Phi) is 4.31. The predicted octanol–water partition coefficient (Wildman–Crippen LogP) is 1.71. The summed E-state index contributed by atoms with van der Waals surface area (Å²) in [6, 6.07) is 5.82. The number of fused-ring (bicyclic) bond motifs is 1. The maximum absolute atomic E-state index is 13.1. The maximum atomic E-state index is 13.1. The van der Waals surface area contributed by atoms with Crippen LogP contribution in [0.25, 0.3) is 0 Å². The normalized spacial score (nSPS) is 24.9. The molecule has 1 aromatic carbocycles. The molecule has 0 aromatic heterocycles. The molecule has 0 bridgehead atoms. The van der Waals surface area contributed by atoms with Gasteiger partial charge in [0.1, 0.15) is 13.2 Å². The first-order chi connectivity index (χ1) is 11.2. The van der Waals surface area contributed by atoms with E-state index in [2.05, 4.69) is 6.58 Å². The molecule has 1 aliphatic heterocycles. The highest BCUT2D eigenvalue weighted by Gasteiger charge is 2.61. The van der Waals surface area contributed by atoms with Gasteiger partial charge in [0, 0.05) is 13.1 Å². The number of nitrogens with zero attached hydrogens (tertiary/aromatic N) is 1. The summed E-state index contributed by atoms with van der Waals surface area (Å²) >= 11 is 0. The molecule has 2 N–H and O–H groups in total. The second kappa shape index (κ2) is 6.24. The van der Waals surface area contributed by atoms with E-state index in [9.17, 15) is 4.79 Å². The molecule has 1 fully saturated rings. The standard InChI is InChI=1S/C18H24N2O3/c1-3-7-20(4-2)17(21)18(11-14(18)12-19)13-5-6-15-16(10-13)23-9-8-22-15/h3,5-6,10,14H,1,4,7-9,11-12,19H2,2H3/t14-,18+/m0/s1. The van der Waals surface area contributed by atoms with Gasteiger partial charge >= 0.3 is 0 Å². The third-order valence-electron chi connectivity index (χ3n) is 4.85. The van der Waals surface area contributed by atoms with Gasteiger partial charge in [0.15, 0.2) is 11.5 Å². The Balaban J connectivity index is 1.95. The molecule has 1 heterocycles. The van der Waals surface area contributed by atoms with Crippen molar-refractivity contribution in [3.8, 4) is 11.5 Å². The minimum Gasteiger partial charge on any atom is -0.486 e. The lowest BCUT2D eigenvalue weighted by Gasteiger charge is -2.27. The Labute approximate surface area is 137 Å². The zero-order chi connectivity index (χ0) is 16.4. The van der Waals surface area contributed by atoms with Crippen LogP contribution in [0, 0.1) is 5.92 Å². The maximum Gasteiger partial charge on any atom is 0.233 e. The van der Waals surface area contributed by atoms with Crippen LogP contribution in [0.1, 0.15) is 18.9 Å². The molecule has 2 aliphatic rings. The van der Waals surface area contributed by atoms with E-state index in [0.29, 0.717) is 32.8 Å². The highest BCUT2D eigenvalue weighted by molar-refractivity contribution is 5.92. The van der Waals surface area contributed by atoms with Crippen molar-refractivity contribution >= 4 is 5.91 Å². The number of benzene rings is 1. The molecule has 5 heteroatoms. The van der Waals surface area contributed by atoms with Crippen LogP contribution in [0.2, 0.25) is 0 Å². The molecular weight excluding hydrogens is 292 g/mol. The molecule has 3 rings (SSSR count). The smallest absolute Gasteiger partial charge is 0.233 e. The van der Waals surface area contributed by atoms with E-state index in [1.807, 2.05) is 30.0 Å². The summed E-state index contributed by atoms with van der Waals surface area (Å²) < 4.78 is 11.2. The molecule has 0 spiro atoms. The quantitative estimate of drug-likeness (QED) is 0.812. The monoisotopic (exact) mass is 316 g/mol. The number of ether oxygens (including phenoxy) is 2. The average molecular weight is 316 g/mol. The molecule has 1 saturated carbocycles. The summed E-state index contributed by atoms with van der Waals surface area (Å²) in [6.45, 7) is 8.55. The molecule has 5 nitrogen and oxygen atoms in total. The molecule has 1 aliphatic carbocycles. The lowest BCUT2D eigenvalue weighted by atomic mass is 9.90. The van der Waals surface area contributed by atoms with Crippen molar-refractivity contribution in [3.63, 3.8) is 0 Å². The minimum atomic E-state index is -0.524. The molecule has 0 radical (unpaired) electrons. The second-order valence-electron chi connectivity index (χ2n) is 6.10. The molecule has 1 amide bonds. The van der Waals surface area contributed by atoms with Gasteiger partial charge in [-0.3, -0.25) is 4.79 Å². The van der Waals surface area contributed by atoms with E-state index in [0.717, 1.165) is 23.5 Å². The van der Waals surface area contributed by atoms with Crippen molar-refractivity contribution in [1.82, 2.24) is 4.90 Å². The minimum absolute atomic E-state index is 0.132. The van der Waals surface area contributed by atoms with Crippen molar-refractivity contribution in [2.45, 2.75) is 18.8 Å². The first-order valence-electron chi connectivity index (χ1n) is 8.17. The van der Waals surface area contributed by atoms with Gasteiger partial charge in [-0.25, -0.2) is 0 Å². The van der Waals surface area contributed by atoms with Gasteiger partial charge in [-0.2, -0.15) is 0 Å². The van der Waals surface area contributed by atoms with Crippen LogP contribution in [0.15, 0.2) is 30.9 Å². The van der Waals surface area contributed by atoms with Crippen molar-refractivity contribution < 1.29 is 14.3 Å².